The van der Waals surface area contributed by atoms with Gasteiger partial charge in [-0.15, -0.1) is 0 Å². The number of aliphatic carboxylic acids is 2. The van der Waals surface area contributed by atoms with E-state index in [9.17, 15) is 9.59 Å². The Labute approximate surface area is 101 Å². The summed E-state index contributed by atoms with van der Waals surface area (Å²) in [5, 5.41) is 16.7. The maximum Gasteiger partial charge on any atom is 0.303 e. The van der Waals surface area contributed by atoms with Crippen LogP contribution in [0.4, 0.5) is 0 Å². The van der Waals surface area contributed by atoms with Crippen LogP contribution in [0, 0.1) is 0 Å². The third-order valence-corrected chi connectivity index (χ3v) is 2.03. The second-order valence-electron chi connectivity index (χ2n) is 3.41. The molecule has 0 radical (unpaired) electrons. The Kier molecular flexibility index (Phi) is 13.0. The van der Waals surface area contributed by atoms with Gasteiger partial charge in [0.25, 0.3) is 0 Å². The molecule has 0 aliphatic rings. The van der Waals surface area contributed by atoms with Gasteiger partial charge in [0.05, 0.1) is 0 Å². The lowest BCUT2D eigenvalue weighted by molar-refractivity contribution is -0.138. The zero-order chi connectivity index (χ0) is 10.8. The zero-order valence-corrected chi connectivity index (χ0v) is 8.37. The van der Waals surface area contributed by atoms with Gasteiger partial charge in [-0.1, -0.05) is 25.7 Å². The van der Waals surface area contributed by atoms with Crippen LogP contribution in [0.1, 0.15) is 51.4 Å². The quantitative estimate of drug-likeness (QED) is 0.461. The van der Waals surface area contributed by atoms with Gasteiger partial charge in [0.1, 0.15) is 0 Å². The number of carbonyl (C=O) groups is 2. The first-order valence-corrected chi connectivity index (χ1v) is 5.06. The summed E-state index contributed by atoms with van der Waals surface area (Å²) in [5.74, 6) is -1.48. The van der Waals surface area contributed by atoms with Crippen molar-refractivity contribution in [1.29, 1.82) is 0 Å². The molecule has 5 heteroatoms. The summed E-state index contributed by atoms with van der Waals surface area (Å²) < 4.78 is 0. The Bertz CT molecular complexity index is 162. The molecule has 0 aromatic heterocycles. The van der Waals surface area contributed by atoms with Crippen LogP contribution >= 0.6 is 0 Å². The minimum Gasteiger partial charge on any atom is -0.481 e. The lowest BCUT2D eigenvalue weighted by atomic mass is 10.1. The van der Waals surface area contributed by atoms with E-state index in [1.165, 1.54) is 0 Å². The molecule has 0 aromatic rings. The van der Waals surface area contributed by atoms with Crippen LogP contribution in [0.25, 0.3) is 0 Å². The van der Waals surface area contributed by atoms with Crippen LogP contribution in [0.5, 0.6) is 0 Å². The molecule has 0 aromatic carbocycles. The van der Waals surface area contributed by atoms with Crippen molar-refractivity contribution >= 4 is 29.3 Å². The average molecular weight is 232 g/mol. The third-order valence-electron chi connectivity index (χ3n) is 2.03. The molecule has 88 valence electrons. The number of carboxylic acid groups (broad SMARTS) is 2. The standard InChI is InChI=1S/C10H18O4.Al.3H/c11-9(12)7-5-3-1-2-4-6-8-10(13)14;;;;/h1-8H2,(H,11,12)(H,13,14);;;;. The summed E-state index contributed by atoms with van der Waals surface area (Å²) in [6.07, 6.45) is 5.82. The maximum atomic E-state index is 10.1. The topological polar surface area (TPSA) is 74.6 Å². The third kappa shape index (κ3) is 16.2. The van der Waals surface area contributed by atoms with E-state index in [-0.39, 0.29) is 30.2 Å². The van der Waals surface area contributed by atoms with Crippen molar-refractivity contribution < 1.29 is 19.8 Å². The molecule has 0 aliphatic carbocycles. The van der Waals surface area contributed by atoms with E-state index in [2.05, 4.69) is 0 Å². The van der Waals surface area contributed by atoms with Crippen LogP contribution < -0.4 is 0 Å². The summed E-state index contributed by atoms with van der Waals surface area (Å²) in [6.45, 7) is 0. The van der Waals surface area contributed by atoms with Gasteiger partial charge in [0.15, 0.2) is 17.4 Å². The van der Waals surface area contributed by atoms with Crippen molar-refractivity contribution in [2.24, 2.45) is 0 Å². The molecule has 0 heterocycles. The highest BCUT2D eigenvalue weighted by molar-refractivity contribution is 5.75. The summed E-state index contributed by atoms with van der Waals surface area (Å²) in [7, 11) is 0. The fraction of sp³-hybridized carbons (Fsp3) is 0.800. The molecular formula is C10H21AlO4. The first-order valence-electron chi connectivity index (χ1n) is 5.06. The van der Waals surface area contributed by atoms with Gasteiger partial charge in [0.2, 0.25) is 0 Å². The van der Waals surface area contributed by atoms with Gasteiger partial charge in [0, 0.05) is 12.8 Å². The largest absolute Gasteiger partial charge is 0.481 e. The number of hydrogen-bond acceptors (Lipinski definition) is 2. The smallest absolute Gasteiger partial charge is 0.303 e. The van der Waals surface area contributed by atoms with Crippen molar-refractivity contribution in [3.05, 3.63) is 0 Å². The van der Waals surface area contributed by atoms with Crippen molar-refractivity contribution in [3.63, 3.8) is 0 Å². The molecule has 0 saturated heterocycles. The lowest BCUT2D eigenvalue weighted by Gasteiger charge is -1.98. The monoisotopic (exact) mass is 232 g/mol. The van der Waals surface area contributed by atoms with Crippen molar-refractivity contribution in [2.45, 2.75) is 51.4 Å². The van der Waals surface area contributed by atoms with Crippen molar-refractivity contribution in [3.8, 4) is 0 Å². The maximum absolute atomic E-state index is 10.1. The van der Waals surface area contributed by atoms with E-state index in [0.29, 0.717) is 0 Å². The highest BCUT2D eigenvalue weighted by atomic mass is 27.0. The fourth-order valence-corrected chi connectivity index (χ4v) is 1.26. The Morgan fingerprint density at radius 3 is 1.20 bits per heavy atom. The highest BCUT2D eigenvalue weighted by Crippen LogP contribution is 2.08. The van der Waals surface area contributed by atoms with Gasteiger partial charge in [-0.3, -0.25) is 9.59 Å². The summed E-state index contributed by atoms with van der Waals surface area (Å²) in [4.78, 5) is 20.3. The van der Waals surface area contributed by atoms with Crippen LogP contribution in [0.15, 0.2) is 0 Å². The van der Waals surface area contributed by atoms with Gasteiger partial charge in [-0.05, 0) is 12.8 Å². The lowest BCUT2D eigenvalue weighted by Crippen LogP contribution is -1.94. The minimum absolute atomic E-state index is 0. The molecule has 0 unspecified atom stereocenters. The molecule has 0 spiro atoms. The highest BCUT2D eigenvalue weighted by Gasteiger charge is 1.98. The average Bonchev–Trinajstić information content (AvgIpc) is 2.08. The molecule has 0 rings (SSSR count). The molecular weight excluding hydrogens is 211 g/mol. The predicted molar refractivity (Wildman–Crippen MR) is 62.1 cm³/mol. The Balaban J connectivity index is 0. The van der Waals surface area contributed by atoms with Crippen LogP contribution in [-0.2, 0) is 9.59 Å². The normalized spacial score (nSPS) is 9.33. The van der Waals surface area contributed by atoms with E-state index >= 15 is 0 Å². The number of carboxylic acids is 2. The molecule has 0 aliphatic heterocycles. The number of hydrogen-bond donors (Lipinski definition) is 2. The molecule has 0 atom stereocenters. The molecule has 0 amide bonds. The number of unbranched alkanes of at least 4 members (excludes halogenated alkanes) is 5. The van der Waals surface area contributed by atoms with E-state index in [0.717, 1.165) is 38.5 Å². The summed E-state index contributed by atoms with van der Waals surface area (Å²) in [5.41, 5.74) is 0. The molecule has 0 fully saturated rings. The van der Waals surface area contributed by atoms with E-state index in [1.54, 1.807) is 0 Å². The van der Waals surface area contributed by atoms with E-state index in [1.807, 2.05) is 0 Å². The Morgan fingerprint density at radius 1 is 0.667 bits per heavy atom. The van der Waals surface area contributed by atoms with Gasteiger partial charge in [-0.2, -0.15) is 0 Å². The zero-order valence-electron chi connectivity index (χ0n) is 8.37. The Morgan fingerprint density at radius 2 is 0.933 bits per heavy atom. The van der Waals surface area contributed by atoms with Gasteiger partial charge < -0.3 is 10.2 Å². The SMILES string of the molecule is O=C(O)CCCCCCCCC(=O)O.[AlH3]. The minimum atomic E-state index is -0.740. The fourth-order valence-electron chi connectivity index (χ4n) is 1.26. The molecule has 0 saturated carbocycles. The first kappa shape index (κ1) is 16.9. The first-order chi connectivity index (χ1) is 6.63. The summed E-state index contributed by atoms with van der Waals surface area (Å²) >= 11 is 0. The molecule has 15 heavy (non-hydrogen) atoms. The molecule has 4 nitrogen and oxygen atoms in total. The van der Waals surface area contributed by atoms with Crippen LogP contribution in [0.3, 0.4) is 0 Å². The van der Waals surface area contributed by atoms with Gasteiger partial charge in [-0.25, -0.2) is 0 Å². The molecule has 2 N–H and O–H groups in total. The van der Waals surface area contributed by atoms with Crippen molar-refractivity contribution in [1.82, 2.24) is 0 Å². The van der Waals surface area contributed by atoms with Crippen LogP contribution in [0.2, 0.25) is 0 Å². The van der Waals surface area contributed by atoms with E-state index < -0.39 is 11.9 Å². The predicted octanol–water partition coefficient (Wildman–Crippen LogP) is 1.09. The Hall–Kier alpha value is -0.528. The molecule has 0 bridgehead atoms. The van der Waals surface area contributed by atoms with E-state index in [4.69, 9.17) is 10.2 Å². The second kappa shape index (κ2) is 11.5. The number of rotatable bonds is 9. The second-order valence-corrected chi connectivity index (χ2v) is 3.41. The van der Waals surface area contributed by atoms with Gasteiger partial charge >= 0.3 is 11.9 Å². The summed E-state index contributed by atoms with van der Waals surface area (Å²) in [6, 6.07) is 0. The van der Waals surface area contributed by atoms with Crippen molar-refractivity contribution in [2.75, 3.05) is 0 Å². The van der Waals surface area contributed by atoms with Crippen LogP contribution in [-0.4, -0.2) is 39.5 Å².